The fraction of sp³-hybridized carbons (Fsp3) is 0.0625. The summed E-state index contributed by atoms with van der Waals surface area (Å²) in [7, 11) is 0. The Morgan fingerprint density at radius 3 is 2.89 bits per heavy atom. The Hall–Kier alpha value is -1.86. The second kappa shape index (κ2) is 4.11. The highest BCUT2D eigenvalue weighted by Gasteiger charge is 2.22. The molecule has 88 valence electrons. The van der Waals surface area contributed by atoms with E-state index in [1.165, 1.54) is 6.08 Å². The monoisotopic (exact) mass is 258 g/mol. The SMILES string of the molecule is [2H]c1c([2H])c(C)c([2H])c(C2=CC(=O)c3cc(Cl)ccc32)c1[2H]. The van der Waals surface area contributed by atoms with Gasteiger partial charge in [-0.25, -0.2) is 0 Å². The molecule has 0 spiro atoms. The van der Waals surface area contributed by atoms with Crippen molar-refractivity contribution in [2.45, 2.75) is 6.92 Å². The summed E-state index contributed by atoms with van der Waals surface area (Å²) in [5.74, 6) is -0.231. The standard InChI is InChI=1S/C16H11ClO/c1-10-3-2-4-11(7-10)14-9-16(18)15-8-12(17)5-6-13(14)15/h2-9H,1H3/i2D,3D,4D,7D. The van der Waals surface area contributed by atoms with Gasteiger partial charge in [0, 0.05) is 10.6 Å². The van der Waals surface area contributed by atoms with Crippen molar-refractivity contribution in [2.75, 3.05) is 0 Å². The number of benzene rings is 2. The van der Waals surface area contributed by atoms with Crippen LogP contribution in [0.5, 0.6) is 0 Å². The molecule has 1 nitrogen and oxygen atoms in total. The van der Waals surface area contributed by atoms with Crippen LogP contribution >= 0.6 is 11.6 Å². The van der Waals surface area contributed by atoms with Gasteiger partial charge in [0.1, 0.15) is 0 Å². The summed E-state index contributed by atoms with van der Waals surface area (Å²) in [6.45, 7) is 1.58. The number of fused-ring (bicyclic) bond motifs is 1. The highest BCUT2D eigenvalue weighted by Crippen LogP contribution is 2.34. The fourth-order valence-electron chi connectivity index (χ4n) is 2.02. The van der Waals surface area contributed by atoms with E-state index in [2.05, 4.69) is 0 Å². The van der Waals surface area contributed by atoms with Crippen molar-refractivity contribution in [3.8, 4) is 0 Å². The molecule has 2 aromatic carbocycles. The van der Waals surface area contributed by atoms with Gasteiger partial charge in [-0.2, -0.15) is 0 Å². The van der Waals surface area contributed by atoms with Crippen LogP contribution in [0.4, 0.5) is 0 Å². The zero-order valence-electron chi connectivity index (χ0n) is 13.6. The lowest BCUT2D eigenvalue weighted by Crippen LogP contribution is -1.91. The van der Waals surface area contributed by atoms with Crippen molar-refractivity contribution in [2.24, 2.45) is 0 Å². The molecule has 3 rings (SSSR count). The van der Waals surface area contributed by atoms with Gasteiger partial charge in [-0.3, -0.25) is 4.79 Å². The molecule has 18 heavy (non-hydrogen) atoms. The summed E-state index contributed by atoms with van der Waals surface area (Å²) < 4.78 is 31.9. The van der Waals surface area contributed by atoms with Crippen LogP contribution in [0.2, 0.25) is 5.02 Å². The molecule has 1 aliphatic rings. The molecule has 2 aromatic rings. The lowest BCUT2D eigenvalue weighted by atomic mass is 9.98. The van der Waals surface area contributed by atoms with Crippen molar-refractivity contribution in [1.82, 2.24) is 0 Å². The molecular formula is C16H11ClO. The molecule has 0 heterocycles. The average molecular weight is 259 g/mol. The minimum Gasteiger partial charge on any atom is -0.289 e. The highest BCUT2D eigenvalue weighted by atomic mass is 35.5. The molecule has 0 fully saturated rings. The summed E-state index contributed by atoms with van der Waals surface area (Å²) in [6.07, 6.45) is 1.37. The van der Waals surface area contributed by atoms with Gasteiger partial charge in [-0.15, -0.1) is 0 Å². The van der Waals surface area contributed by atoms with Crippen LogP contribution in [-0.4, -0.2) is 5.78 Å². The van der Waals surface area contributed by atoms with Crippen molar-refractivity contribution >= 4 is 23.0 Å². The van der Waals surface area contributed by atoms with Crippen molar-refractivity contribution in [1.29, 1.82) is 0 Å². The summed E-state index contributed by atoms with van der Waals surface area (Å²) in [5, 5.41) is 0.442. The number of hydrogen-bond donors (Lipinski definition) is 0. The van der Waals surface area contributed by atoms with E-state index in [1.807, 2.05) is 0 Å². The van der Waals surface area contributed by atoms with E-state index >= 15 is 0 Å². The molecule has 0 saturated heterocycles. The number of halogens is 1. The fourth-order valence-corrected chi connectivity index (χ4v) is 2.19. The zero-order chi connectivity index (χ0) is 16.2. The quantitative estimate of drug-likeness (QED) is 0.746. The van der Waals surface area contributed by atoms with Crippen LogP contribution in [0.15, 0.2) is 48.4 Å². The normalized spacial score (nSPS) is 16.6. The molecule has 0 unspecified atom stereocenters. The van der Waals surface area contributed by atoms with Gasteiger partial charge in [0.2, 0.25) is 0 Å². The third-order valence-electron chi connectivity index (χ3n) is 2.83. The number of carbonyl (C=O) groups excluding carboxylic acids is 1. The smallest absolute Gasteiger partial charge is 0.187 e. The van der Waals surface area contributed by atoms with Crippen LogP contribution < -0.4 is 0 Å². The van der Waals surface area contributed by atoms with E-state index in [9.17, 15) is 4.79 Å². The van der Waals surface area contributed by atoms with Crippen molar-refractivity contribution in [3.05, 3.63) is 75.7 Å². The largest absolute Gasteiger partial charge is 0.289 e. The van der Waals surface area contributed by atoms with Crippen LogP contribution in [0.25, 0.3) is 5.57 Å². The van der Waals surface area contributed by atoms with Crippen LogP contribution in [0, 0.1) is 6.92 Å². The first-order valence-corrected chi connectivity index (χ1v) is 5.84. The lowest BCUT2D eigenvalue weighted by molar-refractivity contribution is 0.105. The maximum absolute atomic E-state index is 12.1. The Bertz CT molecular complexity index is 842. The van der Waals surface area contributed by atoms with Crippen molar-refractivity contribution < 1.29 is 10.3 Å². The first kappa shape index (κ1) is 7.55. The van der Waals surface area contributed by atoms with Gasteiger partial charge in [-0.1, -0.05) is 47.4 Å². The van der Waals surface area contributed by atoms with E-state index in [0.29, 0.717) is 27.3 Å². The van der Waals surface area contributed by atoms with Crippen molar-refractivity contribution in [3.63, 3.8) is 0 Å². The maximum Gasteiger partial charge on any atom is 0.187 e. The Kier molecular flexibility index (Phi) is 1.72. The summed E-state index contributed by atoms with van der Waals surface area (Å²) in [6, 6.07) is 4.33. The number of rotatable bonds is 1. The zero-order valence-corrected chi connectivity index (χ0v) is 10.4. The van der Waals surface area contributed by atoms with E-state index < -0.39 is 0 Å². The topological polar surface area (TPSA) is 17.1 Å². The van der Waals surface area contributed by atoms with Gasteiger partial charge in [0.15, 0.2) is 5.78 Å². The summed E-state index contributed by atoms with van der Waals surface area (Å²) in [5.41, 5.74) is 2.02. The molecule has 0 aromatic heterocycles. The third kappa shape index (κ3) is 1.77. The first-order chi connectivity index (χ1) is 10.3. The Morgan fingerprint density at radius 1 is 1.22 bits per heavy atom. The van der Waals surface area contributed by atoms with E-state index in [-0.39, 0.29) is 35.5 Å². The van der Waals surface area contributed by atoms with E-state index in [1.54, 1.807) is 25.1 Å². The van der Waals surface area contributed by atoms with Gasteiger partial charge >= 0.3 is 0 Å². The third-order valence-corrected chi connectivity index (χ3v) is 3.07. The molecular weight excluding hydrogens is 244 g/mol. The number of hydrogen-bond acceptors (Lipinski definition) is 1. The van der Waals surface area contributed by atoms with Gasteiger partial charge < -0.3 is 0 Å². The van der Waals surface area contributed by atoms with Crippen LogP contribution in [-0.2, 0) is 0 Å². The molecule has 0 saturated carbocycles. The van der Waals surface area contributed by atoms with Gasteiger partial charge in [0.05, 0.1) is 5.48 Å². The van der Waals surface area contributed by atoms with E-state index in [0.717, 1.165) is 0 Å². The summed E-state index contributed by atoms with van der Waals surface area (Å²) in [4.78, 5) is 12.1. The highest BCUT2D eigenvalue weighted by molar-refractivity contribution is 6.31. The second-order valence-corrected chi connectivity index (χ2v) is 4.55. The summed E-state index contributed by atoms with van der Waals surface area (Å²) >= 11 is 5.91. The number of allylic oxidation sites excluding steroid dienone is 1. The predicted molar refractivity (Wildman–Crippen MR) is 74.0 cm³/mol. The molecule has 2 heteroatoms. The molecule has 0 bridgehead atoms. The van der Waals surface area contributed by atoms with Crippen LogP contribution in [0.3, 0.4) is 0 Å². The predicted octanol–water partition coefficient (Wildman–Crippen LogP) is 4.28. The van der Waals surface area contributed by atoms with Gasteiger partial charge in [-0.05, 0) is 41.8 Å². The number of carbonyl (C=O) groups is 1. The Balaban J connectivity index is 2.32. The first-order valence-electron chi connectivity index (χ1n) is 7.46. The molecule has 0 radical (unpaired) electrons. The lowest BCUT2D eigenvalue weighted by Gasteiger charge is -2.06. The molecule has 0 amide bonds. The Morgan fingerprint density at radius 2 is 2.06 bits per heavy atom. The van der Waals surface area contributed by atoms with Crippen LogP contribution in [0.1, 0.15) is 32.5 Å². The molecule has 0 atom stereocenters. The van der Waals surface area contributed by atoms with Gasteiger partial charge in [0.25, 0.3) is 0 Å². The second-order valence-electron chi connectivity index (χ2n) is 4.11. The average Bonchev–Trinajstić information content (AvgIpc) is 2.80. The minimum absolute atomic E-state index is 0.00727. The molecule has 0 aliphatic heterocycles. The molecule has 0 N–H and O–H groups in total. The minimum atomic E-state index is -0.237. The van der Waals surface area contributed by atoms with E-state index in [4.69, 9.17) is 17.1 Å². The maximum atomic E-state index is 12.1. The molecule has 1 aliphatic carbocycles. The number of ketones is 1. The Labute approximate surface area is 116 Å².